The smallest absolute Gasteiger partial charge is 0.306 e. The summed E-state index contributed by atoms with van der Waals surface area (Å²) in [6.07, 6.45) is 72.2. The fourth-order valence-corrected chi connectivity index (χ4v) is 9.01. The average molecular weight is 1070 g/mol. The summed E-state index contributed by atoms with van der Waals surface area (Å²) in [5, 5.41) is 3.01. The molecule has 0 aromatic carbocycles. The number of phosphoric acid groups is 1. The zero-order valence-corrected chi connectivity index (χ0v) is 50.1. The molecular weight excluding hydrogens is 952 g/mol. The van der Waals surface area contributed by atoms with Crippen molar-refractivity contribution in [1.29, 1.82) is 0 Å². The molecule has 3 unspecified atom stereocenters. The van der Waals surface area contributed by atoms with Crippen LogP contribution in [0.4, 0.5) is 0 Å². The monoisotopic (exact) mass is 1070 g/mol. The van der Waals surface area contributed by atoms with Crippen LogP contribution >= 0.6 is 7.82 Å². The third kappa shape index (κ3) is 55.5. The summed E-state index contributed by atoms with van der Waals surface area (Å²) < 4.78 is 30.3. The number of quaternary nitrogens is 1. The van der Waals surface area contributed by atoms with Crippen molar-refractivity contribution in [3.63, 3.8) is 0 Å². The highest BCUT2D eigenvalue weighted by Gasteiger charge is 2.27. The van der Waals surface area contributed by atoms with Gasteiger partial charge in [0, 0.05) is 12.8 Å². The van der Waals surface area contributed by atoms with Gasteiger partial charge in [-0.2, -0.15) is 0 Å². The molecule has 0 aromatic heterocycles. The van der Waals surface area contributed by atoms with Crippen molar-refractivity contribution < 1.29 is 37.3 Å². The van der Waals surface area contributed by atoms with Crippen molar-refractivity contribution in [1.82, 2.24) is 5.32 Å². The number of carbonyl (C=O) groups excluding carboxylic acids is 2. The lowest BCUT2D eigenvalue weighted by atomic mass is 10.1. The highest BCUT2D eigenvalue weighted by Crippen LogP contribution is 2.38. The number of amides is 1. The minimum atomic E-state index is -4.71. The van der Waals surface area contributed by atoms with Crippen LogP contribution in [0, 0.1) is 0 Å². The van der Waals surface area contributed by atoms with Crippen LogP contribution in [0.15, 0.2) is 97.2 Å². The van der Waals surface area contributed by atoms with Crippen molar-refractivity contribution in [2.75, 3.05) is 40.9 Å². The Kier molecular flexibility index (Phi) is 52.1. The first-order chi connectivity index (χ1) is 36.4. The largest absolute Gasteiger partial charge is 0.756 e. The number of nitrogens with one attached hydrogen (secondary N) is 1. The van der Waals surface area contributed by atoms with Crippen molar-refractivity contribution in [3.05, 3.63) is 97.2 Å². The predicted octanol–water partition coefficient (Wildman–Crippen LogP) is 18.1. The van der Waals surface area contributed by atoms with Crippen molar-refractivity contribution >= 4 is 19.7 Å². The predicted molar refractivity (Wildman–Crippen MR) is 321 cm³/mol. The van der Waals surface area contributed by atoms with E-state index >= 15 is 0 Å². The van der Waals surface area contributed by atoms with Crippen LogP contribution in [0.25, 0.3) is 0 Å². The Morgan fingerprint density at radius 3 is 1.31 bits per heavy atom. The Bertz CT molecular complexity index is 1610. The van der Waals surface area contributed by atoms with Gasteiger partial charge in [-0.25, -0.2) is 0 Å². The topological polar surface area (TPSA) is 114 Å². The summed E-state index contributed by atoms with van der Waals surface area (Å²) >= 11 is 0. The third-order valence-electron chi connectivity index (χ3n) is 13.0. The van der Waals surface area contributed by atoms with Crippen LogP contribution in [0.5, 0.6) is 0 Å². The number of rotatable bonds is 54. The molecule has 0 radical (unpaired) electrons. The number of phosphoric ester groups is 1. The Balaban J connectivity index is 5.29. The summed E-state index contributed by atoms with van der Waals surface area (Å²) in [5.74, 6) is -0.576. The molecule has 0 spiro atoms. The van der Waals surface area contributed by atoms with Gasteiger partial charge in [0.05, 0.1) is 33.8 Å². The summed E-state index contributed by atoms with van der Waals surface area (Å²) in [7, 11) is 1.15. The lowest BCUT2D eigenvalue weighted by Crippen LogP contribution is -2.47. The zero-order valence-electron chi connectivity index (χ0n) is 49.2. The van der Waals surface area contributed by atoms with Gasteiger partial charge in [0.25, 0.3) is 7.82 Å². The number of allylic oxidation sites excluding steroid dienone is 15. The van der Waals surface area contributed by atoms with E-state index in [1.165, 1.54) is 89.9 Å². The molecule has 432 valence electrons. The standard InChI is InChI=1S/C65H115N2O7P/c1-7-10-13-16-19-22-25-27-29-31-32-33-34-36-37-39-42-45-48-51-54-57-64(68)66-62(61-73-75(70,71)72-60-59-67(4,5)6)63(56-53-50-47-44-41-24-21-18-15-12-9-3)74-65(69)58-55-52-49-46-43-40-38-35-30-28-26-23-20-17-14-11-8-2/h10,13,19-20,22-23,27-30,32-33,36-37,53,56,62-63H,7-9,11-12,14-18,21,24-26,31,34-35,38-52,54-55,57-61H2,1-6H3,(H-,66,68,70,71)/b13-10-,22-19-,23-20-,29-27-,30-28-,33-32-,37-36-,56-53-. The molecule has 0 saturated carbocycles. The number of hydrogen-bond acceptors (Lipinski definition) is 7. The van der Waals surface area contributed by atoms with Crippen LogP contribution in [0.2, 0.25) is 0 Å². The molecule has 0 fully saturated rings. The van der Waals surface area contributed by atoms with Gasteiger partial charge >= 0.3 is 5.97 Å². The van der Waals surface area contributed by atoms with E-state index in [0.717, 1.165) is 116 Å². The SMILES string of the molecule is CC/C=C\C/C=C\C/C=C\C/C=C\C/C=C\CCCCCCCC(=O)NC(COP(=O)([O-])OCC[N+](C)(C)C)C(/C=C\CCCCCCCCCCC)OC(=O)CCCCCCCCC/C=C\C/C=C\CCCCC. The molecule has 0 aliphatic rings. The number of unbranched alkanes of at least 4 members (excludes halogenated alkanes) is 24. The summed E-state index contributed by atoms with van der Waals surface area (Å²) in [6, 6.07) is -0.907. The zero-order chi connectivity index (χ0) is 55.0. The maximum atomic E-state index is 13.5. The Labute approximate surface area is 462 Å². The van der Waals surface area contributed by atoms with E-state index < -0.39 is 26.6 Å². The van der Waals surface area contributed by atoms with Crippen LogP contribution in [0.3, 0.4) is 0 Å². The first-order valence-electron chi connectivity index (χ1n) is 30.5. The van der Waals surface area contributed by atoms with Gasteiger partial charge in [0.15, 0.2) is 0 Å². The van der Waals surface area contributed by atoms with E-state index in [4.69, 9.17) is 13.8 Å². The van der Waals surface area contributed by atoms with E-state index in [-0.39, 0.29) is 31.3 Å². The number of likely N-dealkylation sites (N-methyl/N-ethyl adjacent to an activating group) is 1. The minimum absolute atomic E-state index is 0.0324. The molecule has 0 aromatic rings. The summed E-state index contributed by atoms with van der Waals surface area (Å²) in [4.78, 5) is 39.9. The minimum Gasteiger partial charge on any atom is -0.756 e. The van der Waals surface area contributed by atoms with Crippen LogP contribution in [-0.4, -0.2) is 69.4 Å². The van der Waals surface area contributed by atoms with Crippen molar-refractivity contribution in [2.24, 2.45) is 0 Å². The lowest BCUT2D eigenvalue weighted by molar-refractivity contribution is -0.870. The van der Waals surface area contributed by atoms with Gasteiger partial charge in [0.2, 0.25) is 5.91 Å². The first kappa shape index (κ1) is 71.9. The second-order valence-corrected chi connectivity index (χ2v) is 22.9. The number of carbonyl (C=O) groups is 2. The molecule has 0 bridgehead atoms. The maximum absolute atomic E-state index is 13.5. The van der Waals surface area contributed by atoms with Gasteiger partial charge < -0.3 is 28.5 Å². The number of ether oxygens (including phenoxy) is 1. The van der Waals surface area contributed by atoms with Gasteiger partial charge in [-0.3, -0.25) is 14.2 Å². The first-order valence-corrected chi connectivity index (χ1v) is 32.0. The Morgan fingerprint density at radius 2 is 0.853 bits per heavy atom. The molecule has 1 N–H and O–H groups in total. The number of hydrogen-bond donors (Lipinski definition) is 1. The van der Waals surface area contributed by atoms with E-state index in [1.807, 2.05) is 33.3 Å². The Morgan fingerprint density at radius 1 is 0.480 bits per heavy atom. The molecule has 75 heavy (non-hydrogen) atoms. The van der Waals surface area contributed by atoms with E-state index in [0.29, 0.717) is 23.9 Å². The maximum Gasteiger partial charge on any atom is 0.306 e. The summed E-state index contributed by atoms with van der Waals surface area (Å²) in [6.45, 7) is 6.67. The van der Waals surface area contributed by atoms with Gasteiger partial charge in [-0.15, -0.1) is 0 Å². The quantitative estimate of drug-likeness (QED) is 0.0212. The normalized spacial score (nSPS) is 14.4. The highest BCUT2D eigenvalue weighted by atomic mass is 31.2. The molecule has 0 rings (SSSR count). The fourth-order valence-electron chi connectivity index (χ4n) is 8.28. The third-order valence-corrected chi connectivity index (χ3v) is 14.0. The Hall–Kier alpha value is -3.07. The average Bonchev–Trinajstić information content (AvgIpc) is 3.37. The molecule has 0 saturated heterocycles. The van der Waals surface area contributed by atoms with Gasteiger partial charge in [0.1, 0.15) is 19.3 Å². The second kappa shape index (κ2) is 54.3. The molecule has 0 aliphatic heterocycles. The van der Waals surface area contributed by atoms with Gasteiger partial charge in [-0.1, -0.05) is 227 Å². The molecule has 0 aliphatic carbocycles. The van der Waals surface area contributed by atoms with Crippen LogP contribution < -0.4 is 10.2 Å². The van der Waals surface area contributed by atoms with Crippen molar-refractivity contribution in [3.8, 4) is 0 Å². The van der Waals surface area contributed by atoms with Crippen LogP contribution in [-0.2, 0) is 27.9 Å². The van der Waals surface area contributed by atoms with E-state index in [1.54, 1.807) is 0 Å². The molecule has 9 nitrogen and oxygen atoms in total. The summed E-state index contributed by atoms with van der Waals surface area (Å²) in [5.41, 5.74) is 0. The number of esters is 1. The lowest BCUT2D eigenvalue weighted by Gasteiger charge is -2.30. The molecule has 3 atom stereocenters. The van der Waals surface area contributed by atoms with E-state index in [2.05, 4.69) is 111 Å². The van der Waals surface area contributed by atoms with Crippen molar-refractivity contribution in [2.45, 2.75) is 264 Å². The highest BCUT2D eigenvalue weighted by molar-refractivity contribution is 7.45. The fraction of sp³-hybridized carbons (Fsp3) is 0.723. The molecule has 1 amide bonds. The van der Waals surface area contributed by atoms with E-state index in [9.17, 15) is 19.0 Å². The molecular formula is C65H115N2O7P. The van der Waals surface area contributed by atoms with Crippen LogP contribution in [0.1, 0.15) is 252 Å². The second-order valence-electron chi connectivity index (χ2n) is 21.5. The molecule has 0 heterocycles. The van der Waals surface area contributed by atoms with Gasteiger partial charge in [-0.05, 0) is 109 Å². The molecule has 10 heteroatoms. The number of nitrogens with zero attached hydrogens (tertiary/aromatic N) is 1.